The van der Waals surface area contributed by atoms with Gasteiger partial charge in [-0.3, -0.25) is 0 Å². The molecule has 3 aliphatic rings. The summed E-state index contributed by atoms with van der Waals surface area (Å²) in [5.74, 6) is 7.67. The Morgan fingerprint density at radius 3 is 1.33 bits per heavy atom. The van der Waals surface area contributed by atoms with E-state index in [-0.39, 0.29) is 4.28 Å². The van der Waals surface area contributed by atoms with E-state index in [4.69, 9.17) is 9.47 Å². The second kappa shape index (κ2) is 20.3. The summed E-state index contributed by atoms with van der Waals surface area (Å²) in [6, 6.07) is 17.6. The van der Waals surface area contributed by atoms with Gasteiger partial charge in [0.05, 0.1) is 13.7 Å². The Morgan fingerprint density at radius 2 is 0.911 bits per heavy atom. The van der Waals surface area contributed by atoms with Crippen LogP contribution < -0.4 is 9.47 Å². The van der Waals surface area contributed by atoms with Gasteiger partial charge in [-0.1, -0.05) is 102 Å². The van der Waals surface area contributed by atoms with Gasteiger partial charge in [-0.15, -0.1) is 0 Å². The molecule has 0 spiro atoms. The largest absolute Gasteiger partial charge is 0.497 e. The predicted octanol–water partition coefficient (Wildman–Crippen LogP) is 14.0. The fraction of sp³-hybridized carbons (Fsp3) is 0.721. The molecule has 2 aromatic carbocycles. The van der Waals surface area contributed by atoms with Gasteiger partial charge in [-0.05, 0) is 142 Å². The standard InChI is InChI=1S/C24H38O.C19H30O.3H2/c1-3-4-5-6-19-7-9-20(10-8-19)21-11-13-22(14-12-21)23-15-17-24(25-2)18-16-23;1-3-5-6-7-16-8-10-17(11-9-16)18-12-14-19(15-13-18)20-4-2;;;/h15-22H,3-14H2,1-2H3;12-17H,3-11H2,1-2H3;3*1H. The lowest BCUT2D eigenvalue weighted by atomic mass is 9.68. The first-order chi connectivity index (χ1) is 22.1. The van der Waals surface area contributed by atoms with E-state index in [1.165, 1.54) is 140 Å². The molecule has 0 radical (unpaired) electrons. The molecule has 0 amide bonds. The molecule has 2 nitrogen and oxygen atoms in total. The van der Waals surface area contributed by atoms with E-state index in [9.17, 15) is 0 Å². The Hall–Kier alpha value is -1.96. The Kier molecular flexibility index (Phi) is 16.2. The van der Waals surface area contributed by atoms with E-state index in [1.54, 1.807) is 7.11 Å². The second-order valence-electron chi connectivity index (χ2n) is 14.9. The highest BCUT2D eigenvalue weighted by molar-refractivity contribution is 5.30. The summed E-state index contributed by atoms with van der Waals surface area (Å²) < 4.78 is 10.8. The molecule has 0 bridgehead atoms. The fourth-order valence-corrected chi connectivity index (χ4v) is 8.90. The maximum Gasteiger partial charge on any atom is 0.119 e. The Morgan fingerprint density at radius 1 is 0.511 bits per heavy atom. The Bertz CT molecular complexity index is 1020. The molecule has 5 rings (SSSR count). The lowest BCUT2D eigenvalue weighted by Crippen LogP contribution is -2.25. The van der Waals surface area contributed by atoms with Crippen LogP contribution in [0.4, 0.5) is 0 Å². The van der Waals surface area contributed by atoms with Gasteiger partial charge < -0.3 is 9.47 Å². The van der Waals surface area contributed by atoms with Gasteiger partial charge in [0, 0.05) is 4.28 Å². The smallest absolute Gasteiger partial charge is 0.119 e. The summed E-state index contributed by atoms with van der Waals surface area (Å²) in [6.07, 6.45) is 28.9. The van der Waals surface area contributed by atoms with Gasteiger partial charge in [0.15, 0.2) is 0 Å². The van der Waals surface area contributed by atoms with Crippen LogP contribution in [0, 0.1) is 23.7 Å². The first kappa shape index (κ1) is 35.9. The lowest BCUT2D eigenvalue weighted by molar-refractivity contribution is 0.155. The Labute approximate surface area is 282 Å². The van der Waals surface area contributed by atoms with Crippen LogP contribution in [0.3, 0.4) is 0 Å². The van der Waals surface area contributed by atoms with Crippen LogP contribution in [0.1, 0.15) is 176 Å². The first-order valence-electron chi connectivity index (χ1n) is 19.5. The van der Waals surface area contributed by atoms with Gasteiger partial charge >= 0.3 is 0 Å². The van der Waals surface area contributed by atoms with Gasteiger partial charge in [-0.2, -0.15) is 0 Å². The molecule has 0 aromatic heterocycles. The summed E-state index contributed by atoms with van der Waals surface area (Å²) in [7, 11) is 1.75. The van der Waals surface area contributed by atoms with Crippen LogP contribution in [0.2, 0.25) is 0 Å². The molecule has 0 aliphatic heterocycles. The second-order valence-corrected chi connectivity index (χ2v) is 14.9. The summed E-state index contributed by atoms with van der Waals surface area (Å²) in [5.41, 5.74) is 3.04. The number of methoxy groups -OCH3 is 1. The first-order valence-corrected chi connectivity index (χ1v) is 19.5. The maximum absolute atomic E-state index is 5.52. The summed E-state index contributed by atoms with van der Waals surface area (Å²) >= 11 is 0. The van der Waals surface area contributed by atoms with E-state index < -0.39 is 0 Å². The zero-order chi connectivity index (χ0) is 31.7. The summed E-state index contributed by atoms with van der Waals surface area (Å²) in [5, 5.41) is 0. The maximum atomic E-state index is 5.52. The van der Waals surface area contributed by atoms with Crippen molar-refractivity contribution in [2.75, 3.05) is 13.7 Å². The van der Waals surface area contributed by atoms with Gasteiger partial charge in [-0.25, -0.2) is 0 Å². The molecule has 0 heterocycles. The molecule has 3 saturated carbocycles. The molecule has 2 aromatic rings. The van der Waals surface area contributed by atoms with Crippen LogP contribution in [0.5, 0.6) is 11.5 Å². The third-order valence-corrected chi connectivity index (χ3v) is 11.9. The minimum Gasteiger partial charge on any atom is -0.497 e. The molecule has 2 heteroatoms. The zero-order valence-electron chi connectivity index (χ0n) is 29.7. The van der Waals surface area contributed by atoms with Crippen LogP contribution in [0.15, 0.2) is 48.5 Å². The number of ether oxygens (including phenoxy) is 2. The molecule has 0 unspecified atom stereocenters. The van der Waals surface area contributed by atoms with Crippen LogP contribution in [0.25, 0.3) is 0 Å². The van der Waals surface area contributed by atoms with Gasteiger partial charge in [0.1, 0.15) is 11.5 Å². The van der Waals surface area contributed by atoms with Crippen LogP contribution >= 0.6 is 0 Å². The van der Waals surface area contributed by atoms with Crippen molar-refractivity contribution in [2.24, 2.45) is 23.7 Å². The van der Waals surface area contributed by atoms with Crippen molar-refractivity contribution in [2.45, 2.75) is 161 Å². The number of benzene rings is 2. The van der Waals surface area contributed by atoms with Crippen molar-refractivity contribution in [3.63, 3.8) is 0 Å². The summed E-state index contributed by atoms with van der Waals surface area (Å²) in [4.78, 5) is 0. The predicted molar refractivity (Wildman–Crippen MR) is 200 cm³/mol. The molecule has 0 atom stereocenters. The van der Waals surface area contributed by atoms with E-state index in [2.05, 4.69) is 62.4 Å². The van der Waals surface area contributed by atoms with Gasteiger partial charge in [0.25, 0.3) is 0 Å². The number of unbranched alkanes of at least 4 members (excludes halogenated alkanes) is 4. The average molecular weight is 623 g/mol. The Balaban J connectivity index is 0.000000462. The summed E-state index contributed by atoms with van der Waals surface area (Å²) in [6.45, 7) is 7.40. The lowest BCUT2D eigenvalue weighted by Gasteiger charge is -2.38. The highest BCUT2D eigenvalue weighted by atomic mass is 16.5. The minimum absolute atomic E-state index is 0. The van der Waals surface area contributed by atoms with E-state index in [1.807, 2.05) is 6.92 Å². The number of rotatable bonds is 14. The van der Waals surface area contributed by atoms with Crippen molar-refractivity contribution in [1.82, 2.24) is 0 Å². The third-order valence-electron chi connectivity index (χ3n) is 11.9. The molecular formula is C43H74O2. The van der Waals surface area contributed by atoms with Crippen molar-refractivity contribution < 1.29 is 13.8 Å². The number of hydrogen-bond acceptors (Lipinski definition) is 2. The van der Waals surface area contributed by atoms with E-state index in [0.29, 0.717) is 0 Å². The number of hydrogen-bond donors (Lipinski definition) is 0. The molecule has 0 saturated heterocycles. The van der Waals surface area contributed by atoms with Crippen molar-refractivity contribution in [1.29, 1.82) is 0 Å². The van der Waals surface area contributed by atoms with Crippen molar-refractivity contribution in [3.8, 4) is 11.5 Å². The highest BCUT2D eigenvalue weighted by Gasteiger charge is 2.31. The normalized spacial score (nSPS) is 26.8. The van der Waals surface area contributed by atoms with E-state index >= 15 is 0 Å². The molecule has 258 valence electrons. The SMILES string of the molecule is CCCCCC1CCC(C2CCC(c3ccc(OC)cc3)CC2)CC1.CCCCCC1CCC(c2ccc(OCC)cc2)CC1.[HH].[HH].[HH]. The monoisotopic (exact) mass is 623 g/mol. The molecule has 45 heavy (non-hydrogen) atoms. The van der Waals surface area contributed by atoms with Crippen LogP contribution in [-0.4, -0.2) is 13.7 Å². The van der Waals surface area contributed by atoms with Gasteiger partial charge in [0.2, 0.25) is 0 Å². The topological polar surface area (TPSA) is 18.5 Å². The highest BCUT2D eigenvalue weighted by Crippen LogP contribution is 2.45. The molecule has 3 aliphatic carbocycles. The van der Waals surface area contributed by atoms with Crippen molar-refractivity contribution >= 4 is 0 Å². The third kappa shape index (κ3) is 12.0. The molecule has 3 fully saturated rings. The zero-order valence-corrected chi connectivity index (χ0v) is 29.7. The fourth-order valence-electron chi connectivity index (χ4n) is 8.90. The average Bonchev–Trinajstić information content (AvgIpc) is 3.10. The van der Waals surface area contributed by atoms with Crippen LogP contribution in [-0.2, 0) is 0 Å². The van der Waals surface area contributed by atoms with E-state index in [0.717, 1.165) is 53.6 Å². The van der Waals surface area contributed by atoms with Crippen molar-refractivity contribution in [3.05, 3.63) is 59.7 Å². The molecular weight excluding hydrogens is 548 g/mol. The molecule has 0 N–H and O–H groups in total. The minimum atomic E-state index is 0. The quantitative estimate of drug-likeness (QED) is 0.195.